The number of carbonyl (C=O) groups is 1. The highest BCUT2D eigenvalue weighted by atomic mass is 35.5. The minimum absolute atomic E-state index is 0.0654. The normalized spacial score (nSPS) is 21.4. The van der Waals surface area contributed by atoms with E-state index in [1.807, 2.05) is 23.1 Å². The number of nitrogens with zero attached hydrogens (tertiary/aromatic N) is 4. The highest BCUT2D eigenvalue weighted by Crippen LogP contribution is 2.34. The van der Waals surface area contributed by atoms with Crippen LogP contribution in [0.2, 0.25) is 5.02 Å². The summed E-state index contributed by atoms with van der Waals surface area (Å²) in [5.74, 6) is 1.35. The molecule has 160 valence electrons. The van der Waals surface area contributed by atoms with Crippen molar-refractivity contribution in [1.82, 2.24) is 15.1 Å². The summed E-state index contributed by atoms with van der Waals surface area (Å²) in [6.45, 7) is 2.60. The lowest BCUT2D eigenvalue weighted by Gasteiger charge is -2.41. The molecule has 0 unspecified atom stereocenters. The van der Waals surface area contributed by atoms with Crippen LogP contribution < -0.4 is 9.64 Å². The van der Waals surface area contributed by atoms with Crippen LogP contribution in [0.25, 0.3) is 0 Å². The Morgan fingerprint density at radius 3 is 2.50 bits per heavy atom. The molecular weight excluding hydrogens is 404 g/mol. The lowest BCUT2D eigenvalue weighted by Crippen LogP contribution is -2.50. The molecule has 0 aliphatic carbocycles. The van der Waals surface area contributed by atoms with E-state index in [9.17, 15) is 9.90 Å². The Morgan fingerprint density at radius 2 is 1.87 bits per heavy atom. The van der Waals surface area contributed by atoms with E-state index in [0.717, 1.165) is 30.8 Å². The summed E-state index contributed by atoms with van der Waals surface area (Å²) in [4.78, 5) is 17.2. The molecule has 1 aromatic heterocycles. The molecule has 1 amide bonds. The first-order chi connectivity index (χ1) is 14.5. The standard InChI is InChI=1S/C22H27ClN4O3/c1-30-20-9-8-19(24-25-20)27-12-2-3-16(15-27)21(28)26-13-10-22(29,11-14-26)17-4-6-18(23)7-5-17/h4-9,16,29H,2-3,10-15H2,1H3/t16-/m0/s1. The zero-order valence-electron chi connectivity index (χ0n) is 17.1. The number of aromatic nitrogens is 2. The molecule has 2 fully saturated rings. The van der Waals surface area contributed by atoms with E-state index < -0.39 is 5.60 Å². The van der Waals surface area contributed by atoms with Crippen LogP contribution in [0.5, 0.6) is 5.88 Å². The molecule has 0 radical (unpaired) electrons. The Bertz CT molecular complexity index is 867. The molecule has 4 rings (SSSR count). The SMILES string of the molecule is COc1ccc(N2CCC[C@H](C(=O)N3CCC(O)(c4ccc(Cl)cc4)CC3)C2)nn1. The molecule has 1 atom stereocenters. The van der Waals surface area contributed by atoms with Gasteiger partial charge >= 0.3 is 0 Å². The number of aliphatic hydroxyl groups is 1. The minimum atomic E-state index is -0.904. The summed E-state index contributed by atoms with van der Waals surface area (Å²) in [7, 11) is 1.56. The molecule has 7 nitrogen and oxygen atoms in total. The fraction of sp³-hybridized carbons (Fsp3) is 0.500. The molecule has 8 heteroatoms. The number of hydrogen-bond donors (Lipinski definition) is 1. The molecule has 1 aromatic carbocycles. The van der Waals surface area contributed by atoms with Gasteiger partial charge in [0.1, 0.15) is 0 Å². The molecule has 0 saturated carbocycles. The largest absolute Gasteiger partial charge is 0.480 e. The number of ether oxygens (including phenoxy) is 1. The predicted octanol–water partition coefficient (Wildman–Crippen LogP) is 2.87. The third-order valence-electron chi connectivity index (χ3n) is 6.21. The molecule has 3 heterocycles. The summed E-state index contributed by atoms with van der Waals surface area (Å²) in [5.41, 5.74) is -0.0422. The average Bonchev–Trinajstić information content (AvgIpc) is 2.79. The number of amides is 1. The third-order valence-corrected chi connectivity index (χ3v) is 6.47. The third kappa shape index (κ3) is 4.37. The molecule has 2 aliphatic rings. The number of anilines is 1. The zero-order valence-corrected chi connectivity index (χ0v) is 17.9. The lowest BCUT2D eigenvalue weighted by molar-refractivity contribution is -0.140. The fourth-order valence-corrected chi connectivity index (χ4v) is 4.51. The molecule has 0 bridgehead atoms. The highest BCUT2D eigenvalue weighted by molar-refractivity contribution is 6.30. The predicted molar refractivity (Wildman–Crippen MR) is 115 cm³/mol. The van der Waals surface area contributed by atoms with E-state index >= 15 is 0 Å². The maximum absolute atomic E-state index is 13.2. The minimum Gasteiger partial charge on any atom is -0.480 e. The van der Waals surface area contributed by atoms with Crippen molar-refractivity contribution in [3.05, 3.63) is 47.0 Å². The quantitative estimate of drug-likeness (QED) is 0.803. The fourth-order valence-electron chi connectivity index (χ4n) is 4.38. The Morgan fingerprint density at radius 1 is 1.13 bits per heavy atom. The molecule has 0 spiro atoms. The number of likely N-dealkylation sites (tertiary alicyclic amines) is 1. The second kappa shape index (κ2) is 8.78. The van der Waals surface area contributed by atoms with Gasteiger partial charge in [0.2, 0.25) is 11.8 Å². The summed E-state index contributed by atoms with van der Waals surface area (Å²) >= 11 is 5.96. The Balaban J connectivity index is 1.37. The summed E-state index contributed by atoms with van der Waals surface area (Å²) < 4.78 is 5.07. The van der Waals surface area contributed by atoms with E-state index in [1.54, 1.807) is 25.3 Å². The molecule has 1 N–H and O–H groups in total. The van der Waals surface area contributed by atoms with Crippen molar-refractivity contribution in [2.24, 2.45) is 5.92 Å². The van der Waals surface area contributed by atoms with E-state index in [0.29, 0.717) is 43.4 Å². The van der Waals surface area contributed by atoms with Crippen molar-refractivity contribution in [1.29, 1.82) is 0 Å². The van der Waals surface area contributed by atoms with Gasteiger partial charge in [-0.25, -0.2) is 0 Å². The zero-order chi connectivity index (χ0) is 21.1. The van der Waals surface area contributed by atoms with Gasteiger partial charge in [-0.3, -0.25) is 4.79 Å². The van der Waals surface area contributed by atoms with Crippen LogP contribution in [0.4, 0.5) is 5.82 Å². The Labute approximate surface area is 181 Å². The first kappa shape index (κ1) is 20.9. The van der Waals surface area contributed by atoms with Crippen LogP contribution in [-0.2, 0) is 10.4 Å². The Kier molecular flexibility index (Phi) is 6.11. The highest BCUT2D eigenvalue weighted by Gasteiger charge is 2.38. The maximum atomic E-state index is 13.2. The van der Waals surface area contributed by atoms with Crippen LogP contribution in [0.1, 0.15) is 31.2 Å². The van der Waals surface area contributed by atoms with Gasteiger partial charge in [-0.15, -0.1) is 10.2 Å². The van der Waals surface area contributed by atoms with Crippen molar-refractivity contribution in [3.63, 3.8) is 0 Å². The lowest BCUT2D eigenvalue weighted by atomic mass is 9.84. The number of halogens is 1. The topological polar surface area (TPSA) is 78.8 Å². The van der Waals surface area contributed by atoms with Gasteiger partial charge in [-0.05, 0) is 49.4 Å². The summed E-state index contributed by atoms with van der Waals surface area (Å²) in [5, 5.41) is 20.0. The van der Waals surface area contributed by atoms with E-state index in [2.05, 4.69) is 15.1 Å². The van der Waals surface area contributed by atoms with Crippen LogP contribution >= 0.6 is 11.6 Å². The van der Waals surface area contributed by atoms with Crippen molar-refractivity contribution in [2.75, 3.05) is 38.2 Å². The second-order valence-corrected chi connectivity index (χ2v) is 8.52. The molecule has 2 aliphatic heterocycles. The molecule has 30 heavy (non-hydrogen) atoms. The number of carbonyl (C=O) groups excluding carboxylic acids is 1. The molecule has 2 saturated heterocycles. The smallest absolute Gasteiger partial charge is 0.233 e. The number of piperidine rings is 2. The Hall–Kier alpha value is -2.38. The first-order valence-corrected chi connectivity index (χ1v) is 10.8. The van der Waals surface area contributed by atoms with Gasteiger partial charge in [0.05, 0.1) is 18.6 Å². The van der Waals surface area contributed by atoms with Gasteiger partial charge in [0, 0.05) is 37.3 Å². The number of benzene rings is 1. The van der Waals surface area contributed by atoms with Gasteiger partial charge in [0.25, 0.3) is 0 Å². The maximum Gasteiger partial charge on any atom is 0.233 e. The molecule has 2 aromatic rings. The van der Waals surface area contributed by atoms with Crippen molar-refractivity contribution in [3.8, 4) is 5.88 Å². The van der Waals surface area contributed by atoms with Crippen LogP contribution in [0.3, 0.4) is 0 Å². The van der Waals surface area contributed by atoms with E-state index in [-0.39, 0.29) is 11.8 Å². The van der Waals surface area contributed by atoms with Crippen molar-refractivity contribution < 1.29 is 14.6 Å². The summed E-state index contributed by atoms with van der Waals surface area (Å²) in [6.07, 6.45) is 2.87. The van der Waals surface area contributed by atoms with Crippen LogP contribution in [0, 0.1) is 5.92 Å². The van der Waals surface area contributed by atoms with E-state index in [4.69, 9.17) is 16.3 Å². The average molecular weight is 431 g/mol. The van der Waals surface area contributed by atoms with Gasteiger partial charge < -0.3 is 19.6 Å². The van der Waals surface area contributed by atoms with Crippen molar-refractivity contribution in [2.45, 2.75) is 31.3 Å². The number of methoxy groups -OCH3 is 1. The summed E-state index contributed by atoms with van der Waals surface area (Å²) in [6, 6.07) is 11.0. The second-order valence-electron chi connectivity index (χ2n) is 8.08. The van der Waals surface area contributed by atoms with Crippen LogP contribution in [-0.4, -0.2) is 59.4 Å². The number of hydrogen-bond acceptors (Lipinski definition) is 6. The van der Waals surface area contributed by atoms with Crippen molar-refractivity contribution >= 4 is 23.3 Å². The van der Waals surface area contributed by atoms with Crippen LogP contribution in [0.15, 0.2) is 36.4 Å². The molecular formula is C22H27ClN4O3. The van der Waals surface area contributed by atoms with Gasteiger partial charge in [-0.2, -0.15) is 0 Å². The monoisotopic (exact) mass is 430 g/mol. The van der Waals surface area contributed by atoms with E-state index in [1.165, 1.54) is 0 Å². The van der Waals surface area contributed by atoms with Gasteiger partial charge in [-0.1, -0.05) is 23.7 Å². The van der Waals surface area contributed by atoms with Gasteiger partial charge in [0.15, 0.2) is 5.82 Å². The first-order valence-electron chi connectivity index (χ1n) is 10.4. The number of rotatable bonds is 4.